The molecule has 1 amide bonds. The molecule has 0 fully saturated rings. The van der Waals surface area contributed by atoms with Crippen LogP contribution in [0.1, 0.15) is 45.0 Å². The van der Waals surface area contributed by atoms with E-state index in [1.165, 1.54) is 23.3 Å². The number of nitrogens with two attached hydrogens (primary N) is 1. The van der Waals surface area contributed by atoms with E-state index in [-0.39, 0.29) is 12.4 Å². The van der Waals surface area contributed by atoms with Gasteiger partial charge in [0.25, 0.3) is 0 Å². The molecule has 34 heavy (non-hydrogen) atoms. The first-order chi connectivity index (χ1) is 16.3. The maximum absolute atomic E-state index is 11.8. The highest BCUT2D eigenvalue weighted by molar-refractivity contribution is 8.07. The Kier molecular flexibility index (Phi) is 8.70. The third kappa shape index (κ3) is 6.38. The number of nitrogen functional groups attached to an aromatic ring is 1. The van der Waals surface area contributed by atoms with Crippen LogP contribution in [0.2, 0.25) is 0 Å². The van der Waals surface area contributed by atoms with Gasteiger partial charge >= 0.3 is 0 Å². The second-order valence-electron chi connectivity index (χ2n) is 8.38. The summed E-state index contributed by atoms with van der Waals surface area (Å²) in [5.74, 6) is 1.21. The number of carbonyl (C=O) groups is 1. The molecule has 0 saturated carbocycles. The van der Waals surface area contributed by atoms with E-state index in [9.17, 15) is 4.79 Å². The Hall–Kier alpha value is -3.33. The molecule has 180 valence electrons. The number of thioether (sulfide) groups is 1. The fourth-order valence-electron chi connectivity index (χ4n) is 3.66. The third-order valence-corrected chi connectivity index (χ3v) is 7.07. The monoisotopic (exact) mass is 480 g/mol. The van der Waals surface area contributed by atoms with Crippen LogP contribution < -0.4 is 10.5 Å². The topological polar surface area (TPSA) is 109 Å². The summed E-state index contributed by atoms with van der Waals surface area (Å²) < 4.78 is 5.15. The molecule has 8 nitrogen and oxygen atoms in total. The molecule has 2 heterocycles. The van der Waals surface area contributed by atoms with Crippen molar-refractivity contribution in [3.05, 3.63) is 68.9 Å². The zero-order chi connectivity index (χ0) is 24.7. The van der Waals surface area contributed by atoms with Gasteiger partial charge in [0.05, 0.1) is 25.6 Å². The highest BCUT2D eigenvalue weighted by atomic mass is 32.2. The summed E-state index contributed by atoms with van der Waals surface area (Å²) in [5, 5.41) is 12.8. The predicted molar refractivity (Wildman–Crippen MR) is 138 cm³/mol. The van der Waals surface area contributed by atoms with Crippen molar-refractivity contribution in [2.75, 3.05) is 12.8 Å². The number of amides is 1. The Labute approximate surface area is 205 Å². The van der Waals surface area contributed by atoms with Crippen molar-refractivity contribution < 1.29 is 9.53 Å². The summed E-state index contributed by atoms with van der Waals surface area (Å²) in [6, 6.07) is 5.45. The summed E-state index contributed by atoms with van der Waals surface area (Å²) in [5.41, 5.74) is 11.1. The van der Waals surface area contributed by atoms with Gasteiger partial charge in [-0.15, -0.1) is 0 Å². The number of hydrogen-bond donors (Lipinski definition) is 2. The van der Waals surface area contributed by atoms with Gasteiger partial charge in [-0.1, -0.05) is 36.4 Å². The first-order valence-corrected chi connectivity index (χ1v) is 11.9. The Bertz CT molecular complexity index is 1120. The highest BCUT2D eigenvalue weighted by Gasteiger charge is 2.21. The number of anilines is 1. The molecule has 1 aliphatic carbocycles. The van der Waals surface area contributed by atoms with Gasteiger partial charge in [-0.05, 0) is 55.7 Å². The number of ether oxygens (including phenoxy) is 1. The largest absolute Gasteiger partial charge is 0.493 e. The van der Waals surface area contributed by atoms with Crippen LogP contribution in [0.25, 0.3) is 0 Å². The van der Waals surface area contributed by atoms with Gasteiger partial charge < -0.3 is 10.5 Å². The number of nitrogens with one attached hydrogen (secondary N) is 1. The summed E-state index contributed by atoms with van der Waals surface area (Å²) in [4.78, 5) is 18.2. The number of H-pyrrole nitrogens is 1. The molecule has 0 saturated heterocycles. The molecular weight excluding hydrogens is 448 g/mol. The van der Waals surface area contributed by atoms with Gasteiger partial charge in [0.2, 0.25) is 6.41 Å². The number of pyridine rings is 1. The third-order valence-electron chi connectivity index (χ3n) is 5.89. The Morgan fingerprint density at radius 2 is 2.21 bits per heavy atom. The lowest BCUT2D eigenvalue weighted by molar-refractivity contribution is -0.118. The van der Waals surface area contributed by atoms with E-state index < -0.39 is 0 Å². The van der Waals surface area contributed by atoms with Crippen LogP contribution in [0, 0.1) is 5.92 Å². The maximum Gasteiger partial charge on any atom is 0.230 e. The van der Waals surface area contributed by atoms with Crippen LogP contribution in [0.5, 0.6) is 5.75 Å². The molecule has 0 bridgehead atoms. The van der Waals surface area contributed by atoms with E-state index in [0.29, 0.717) is 30.2 Å². The standard InChI is InChI=1S/C25H32N6O2S/c1-16-6-7-17(2)22(24(19(16)4)34-18(3)12-20-10-11-27-30-20)13-28-31(15-32)14-21-8-9-23(33-5)25(26)29-21/h8-11,13,15-16H,3,6-7,12,14H2,1-2,4-5H3,(H2,26,29)(H,27,30)/b28-13-. The molecule has 0 aliphatic heterocycles. The van der Waals surface area contributed by atoms with Gasteiger partial charge in [0, 0.05) is 28.8 Å². The van der Waals surface area contributed by atoms with Crippen molar-refractivity contribution >= 4 is 30.2 Å². The zero-order valence-electron chi connectivity index (χ0n) is 20.2. The van der Waals surface area contributed by atoms with E-state index in [1.807, 2.05) is 6.07 Å². The number of allylic oxidation sites excluding steroid dienone is 4. The number of hydrogen-bond acceptors (Lipinski definition) is 7. The lowest BCUT2D eigenvalue weighted by Gasteiger charge is -2.17. The van der Waals surface area contributed by atoms with E-state index in [4.69, 9.17) is 10.5 Å². The lowest BCUT2D eigenvalue weighted by atomic mass is 9.98. The van der Waals surface area contributed by atoms with Crippen LogP contribution in [0.4, 0.5) is 5.82 Å². The molecule has 1 aliphatic rings. The minimum atomic E-state index is 0.203. The molecule has 9 heteroatoms. The number of aromatic amines is 1. The Balaban J connectivity index is 1.83. The van der Waals surface area contributed by atoms with Crippen LogP contribution in [0.15, 0.2) is 62.6 Å². The van der Waals surface area contributed by atoms with Crippen LogP contribution >= 0.6 is 11.8 Å². The minimum Gasteiger partial charge on any atom is -0.493 e. The number of carbonyl (C=O) groups excluding carboxylic acids is 1. The second-order valence-corrected chi connectivity index (χ2v) is 9.57. The van der Waals surface area contributed by atoms with Crippen molar-refractivity contribution in [2.45, 2.75) is 46.6 Å². The molecule has 0 aromatic carbocycles. The molecule has 1 atom stereocenters. The Morgan fingerprint density at radius 1 is 1.41 bits per heavy atom. The van der Waals surface area contributed by atoms with E-state index in [1.54, 1.807) is 36.3 Å². The highest BCUT2D eigenvalue weighted by Crippen LogP contribution is 2.41. The van der Waals surface area contributed by atoms with Crippen LogP contribution in [-0.2, 0) is 17.8 Å². The van der Waals surface area contributed by atoms with Crippen molar-refractivity contribution in [1.82, 2.24) is 20.2 Å². The van der Waals surface area contributed by atoms with E-state index in [2.05, 4.69) is 47.6 Å². The summed E-state index contributed by atoms with van der Waals surface area (Å²) in [7, 11) is 1.54. The second kappa shape index (κ2) is 11.7. The molecular formula is C25H32N6O2S. The number of nitrogens with zero attached hydrogens (tertiary/aromatic N) is 4. The minimum absolute atomic E-state index is 0.203. The van der Waals surface area contributed by atoms with Crippen molar-refractivity contribution in [3.8, 4) is 5.75 Å². The summed E-state index contributed by atoms with van der Waals surface area (Å²) >= 11 is 1.66. The molecule has 2 aromatic rings. The molecule has 0 spiro atoms. The molecule has 0 radical (unpaired) electrons. The predicted octanol–water partition coefficient (Wildman–Crippen LogP) is 4.85. The summed E-state index contributed by atoms with van der Waals surface area (Å²) in [6.07, 6.45) is 6.95. The van der Waals surface area contributed by atoms with Gasteiger partial charge in [0.15, 0.2) is 11.6 Å². The average molecular weight is 481 g/mol. The average Bonchev–Trinajstić information content (AvgIpc) is 3.30. The number of rotatable bonds is 10. The normalized spacial score (nSPS) is 16.6. The smallest absolute Gasteiger partial charge is 0.230 e. The van der Waals surface area contributed by atoms with Gasteiger partial charge in [-0.25, -0.2) is 9.99 Å². The molecule has 1 unspecified atom stereocenters. The SMILES string of the molecule is C=C(Cc1ccn[nH]1)SC1=C(C)C(C)CCC(C)=C1/C=N\N(C=O)Cc1ccc(OC)c(N)n1. The van der Waals surface area contributed by atoms with Gasteiger partial charge in [-0.3, -0.25) is 9.89 Å². The van der Waals surface area contributed by atoms with E-state index in [0.717, 1.165) is 33.9 Å². The van der Waals surface area contributed by atoms with E-state index >= 15 is 0 Å². The first kappa shape index (κ1) is 25.3. The quantitative estimate of drug-likeness (QED) is 0.286. The Morgan fingerprint density at radius 3 is 2.85 bits per heavy atom. The zero-order valence-corrected chi connectivity index (χ0v) is 21.0. The summed E-state index contributed by atoms with van der Waals surface area (Å²) in [6.45, 7) is 11.0. The van der Waals surface area contributed by atoms with Gasteiger partial charge in [-0.2, -0.15) is 10.2 Å². The number of methoxy groups -OCH3 is 1. The fraction of sp³-hybridized carbons (Fsp3) is 0.360. The molecule has 3 N–H and O–H groups in total. The molecule has 2 aromatic heterocycles. The van der Waals surface area contributed by atoms with Crippen molar-refractivity contribution in [3.63, 3.8) is 0 Å². The maximum atomic E-state index is 11.8. The van der Waals surface area contributed by atoms with Crippen LogP contribution in [-0.4, -0.2) is 39.9 Å². The van der Waals surface area contributed by atoms with Gasteiger partial charge in [0.1, 0.15) is 0 Å². The number of aromatic nitrogens is 3. The van der Waals surface area contributed by atoms with Crippen molar-refractivity contribution in [2.24, 2.45) is 11.0 Å². The fourth-order valence-corrected chi connectivity index (χ4v) is 4.88. The molecule has 3 rings (SSSR count). The van der Waals surface area contributed by atoms with Crippen LogP contribution in [0.3, 0.4) is 0 Å². The number of hydrazone groups is 1. The van der Waals surface area contributed by atoms with Crippen molar-refractivity contribution in [1.29, 1.82) is 0 Å². The first-order valence-electron chi connectivity index (χ1n) is 11.1. The lowest BCUT2D eigenvalue weighted by Crippen LogP contribution is -2.16.